The summed E-state index contributed by atoms with van der Waals surface area (Å²) in [7, 11) is 0. The Balaban J connectivity index is 0.902. The van der Waals surface area contributed by atoms with Gasteiger partial charge in [0.25, 0.3) is 0 Å². The Hall–Kier alpha value is -7.88. The van der Waals surface area contributed by atoms with Crippen molar-refractivity contribution in [2.75, 3.05) is 0 Å². The van der Waals surface area contributed by atoms with E-state index in [1.807, 2.05) is 30.3 Å². The van der Waals surface area contributed by atoms with Gasteiger partial charge in [-0.3, -0.25) is 0 Å². The van der Waals surface area contributed by atoms with Gasteiger partial charge in [0.2, 0.25) is 0 Å². The second-order valence-corrected chi connectivity index (χ2v) is 16.3. The molecule has 0 bridgehead atoms. The summed E-state index contributed by atoms with van der Waals surface area (Å²) < 4.78 is 6.37. The Labute approximate surface area is 354 Å². The molecule has 0 amide bonds. The number of para-hydroxylation sites is 2. The lowest BCUT2D eigenvalue weighted by Gasteiger charge is -2.28. The normalized spacial score (nSPS) is 14.4. The summed E-state index contributed by atoms with van der Waals surface area (Å²) in [6.07, 6.45) is 0. The van der Waals surface area contributed by atoms with Crippen LogP contribution < -0.4 is 0 Å². The third-order valence-corrected chi connectivity index (χ3v) is 12.8. The molecule has 1 unspecified atom stereocenters. The van der Waals surface area contributed by atoms with Crippen molar-refractivity contribution in [1.29, 1.82) is 0 Å². The third kappa shape index (κ3) is 5.73. The van der Waals surface area contributed by atoms with E-state index < -0.39 is 0 Å². The lowest BCUT2D eigenvalue weighted by atomic mass is 9.74. The number of furan rings is 1. The zero-order valence-electron chi connectivity index (χ0n) is 33.5. The summed E-state index contributed by atoms with van der Waals surface area (Å²) in [6.45, 7) is 2.36. The van der Waals surface area contributed by atoms with E-state index in [1.54, 1.807) is 0 Å². The molecule has 3 heteroatoms. The second kappa shape index (κ2) is 13.9. The van der Waals surface area contributed by atoms with Crippen LogP contribution in [0, 0.1) is 0 Å². The molecular formula is C58H38N2O. The zero-order chi connectivity index (χ0) is 40.5. The minimum atomic E-state index is -0.299. The summed E-state index contributed by atoms with van der Waals surface area (Å²) in [5, 5.41) is 4.66. The largest absolute Gasteiger partial charge is 0.455 e. The first-order chi connectivity index (χ1) is 30.1. The molecule has 0 spiro atoms. The topological polar surface area (TPSA) is 38.9 Å². The lowest BCUT2D eigenvalue weighted by Crippen LogP contribution is -2.22. The molecule has 2 heterocycles. The summed E-state index contributed by atoms with van der Waals surface area (Å²) in [6, 6.07) is 75.8. The van der Waals surface area contributed by atoms with Gasteiger partial charge in [0.15, 0.2) is 5.82 Å². The number of hydrogen-bond donors (Lipinski definition) is 0. The molecule has 11 aromatic rings. The fourth-order valence-corrected chi connectivity index (χ4v) is 9.59. The quantitative estimate of drug-likeness (QED) is 0.169. The van der Waals surface area contributed by atoms with Crippen LogP contribution in [0.15, 0.2) is 217 Å². The van der Waals surface area contributed by atoms with Crippen LogP contribution in [-0.4, -0.2) is 9.97 Å². The van der Waals surface area contributed by atoms with E-state index in [9.17, 15) is 0 Å². The van der Waals surface area contributed by atoms with Gasteiger partial charge in [-0.05, 0) is 92.5 Å². The highest BCUT2D eigenvalue weighted by Crippen LogP contribution is 2.53. The van der Waals surface area contributed by atoms with Crippen molar-refractivity contribution >= 4 is 32.7 Å². The molecule has 3 nitrogen and oxygen atoms in total. The van der Waals surface area contributed by atoms with Gasteiger partial charge in [-0.1, -0.05) is 182 Å². The maximum Gasteiger partial charge on any atom is 0.160 e. The van der Waals surface area contributed by atoms with E-state index in [1.165, 1.54) is 44.2 Å². The average Bonchev–Trinajstić information content (AvgIpc) is 3.85. The van der Waals surface area contributed by atoms with Crippen LogP contribution >= 0.6 is 0 Å². The van der Waals surface area contributed by atoms with Crippen LogP contribution in [0.5, 0.6) is 0 Å². The SMILES string of the molecule is CC1(c2ccccc2)c2ccccc2-c2ccc(-c3cc(-c4ccc(-c5ccc6cc(-c7cccc8c7oc7ccccc78)ccc6c5)cc4)nc(-c4ccccc4)n3)cc21. The first kappa shape index (κ1) is 35.1. The van der Waals surface area contributed by atoms with Crippen molar-refractivity contribution < 1.29 is 4.42 Å². The van der Waals surface area contributed by atoms with Gasteiger partial charge in [-0.25, -0.2) is 9.97 Å². The maximum absolute atomic E-state index is 6.37. The summed E-state index contributed by atoms with van der Waals surface area (Å²) in [5.74, 6) is 0.706. The lowest BCUT2D eigenvalue weighted by molar-refractivity contribution is 0.670. The van der Waals surface area contributed by atoms with Crippen LogP contribution in [0.2, 0.25) is 0 Å². The number of nitrogens with zero attached hydrogens (tertiary/aromatic N) is 2. The molecule has 0 fully saturated rings. The van der Waals surface area contributed by atoms with Gasteiger partial charge in [0.05, 0.1) is 11.4 Å². The van der Waals surface area contributed by atoms with Crippen molar-refractivity contribution in [2.24, 2.45) is 0 Å². The minimum Gasteiger partial charge on any atom is -0.455 e. The van der Waals surface area contributed by atoms with Gasteiger partial charge in [0, 0.05) is 38.4 Å². The number of aromatic nitrogens is 2. The fraction of sp³-hybridized carbons (Fsp3) is 0.0345. The monoisotopic (exact) mass is 778 g/mol. The molecule has 1 aliphatic rings. The van der Waals surface area contributed by atoms with Gasteiger partial charge in [-0.2, -0.15) is 0 Å². The van der Waals surface area contributed by atoms with E-state index in [-0.39, 0.29) is 5.41 Å². The molecule has 1 atom stereocenters. The number of fused-ring (bicyclic) bond motifs is 7. The van der Waals surface area contributed by atoms with Crippen LogP contribution in [0.25, 0.3) is 100.0 Å². The number of hydrogen-bond acceptors (Lipinski definition) is 3. The van der Waals surface area contributed by atoms with Crippen LogP contribution in [-0.2, 0) is 5.41 Å². The van der Waals surface area contributed by atoms with Crippen LogP contribution in [0.4, 0.5) is 0 Å². The minimum absolute atomic E-state index is 0.299. The molecule has 0 saturated carbocycles. The maximum atomic E-state index is 6.37. The highest BCUT2D eigenvalue weighted by atomic mass is 16.3. The predicted octanol–water partition coefficient (Wildman–Crippen LogP) is 15.2. The standard InChI is InChI=1S/C58H38N2O/c1-58(45-15-6-3-7-16-45)51-21-10-8-17-47(51)48-32-31-44(35-52(48)58)54-36-53(59-57(60-54)39-13-4-2-5-14-39)38-25-23-37(24-26-38)40-27-28-42-34-43(30-29-41(42)33-40)46-19-12-20-50-49-18-9-11-22-55(49)61-56(46)50/h2-36H,1H3. The van der Waals surface area contributed by atoms with Crippen molar-refractivity contribution in [3.8, 4) is 67.3 Å². The predicted molar refractivity (Wildman–Crippen MR) is 251 cm³/mol. The summed E-state index contributed by atoms with van der Waals surface area (Å²) >= 11 is 0. The highest BCUT2D eigenvalue weighted by molar-refractivity contribution is 6.10. The van der Waals surface area contributed by atoms with Gasteiger partial charge in [0.1, 0.15) is 11.2 Å². The molecule has 1 aliphatic carbocycles. The molecule has 61 heavy (non-hydrogen) atoms. The molecule has 2 aromatic heterocycles. The first-order valence-corrected chi connectivity index (χ1v) is 20.9. The van der Waals surface area contributed by atoms with Crippen molar-refractivity contribution in [3.63, 3.8) is 0 Å². The highest BCUT2D eigenvalue weighted by Gasteiger charge is 2.40. The van der Waals surface area contributed by atoms with Gasteiger partial charge >= 0.3 is 0 Å². The Morgan fingerprint density at radius 1 is 0.377 bits per heavy atom. The zero-order valence-corrected chi connectivity index (χ0v) is 33.5. The van der Waals surface area contributed by atoms with Crippen molar-refractivity contribution in [2.45, 2.75) is 12.3 Å². The van der Waals surface area contributed by atoms with E-state index in [0.717, 1.165) is 66.7 Å². The van der Waals surface area contributed by atoms with Crippen LogP contribution in [0.1, 0.15) is 23.6 Å². The molecule has 9 aromatic carbocycles. The smallest absolute Gasteiger partial charge is 0.160 e. The van der Waals surface area contributed by atoms with E-state index in [0.29, 0.717) is 5.82 Å². The third-order valence-electron chi connectivity index (χ3n) is 12.8. The molecule has 0 aliphatic heterocycles. The van der Waals surface area contributed by atoms with Crippen LogP contribution in [0.3, 0.4) is 0 Å². The molecule has 12 rings (SSSR count). The molecule has 0 N–H and O–H groups in total. The molecule has 0 saturated heterocycles. The fourth-order valence-electron chi connectivity index (χ4n) is 9.59. The van der Waals surface area contributed by atoms with E-state index in [2.05, 4.69) is 189 Å². The Kier molecular flexibility index (Phi) is 7.98. The Bertz CT molecular complexity index is 3480. The molecule has 0 radical (unpaired) electrons. The summed E-state index contributed by atoms with van der Waals surface area (Å²) in [5.41, 5.74) is 17.4. The van der Waals surface area contributed by atoms with E-state index >= 15 is 0 Å². The average molecular weight is 779 g/mol. The molecular weight excluding hydrogens is 741 g/mol. The first-order valence-electron chi connectivity index (χ1n) is 20.9. The van der Waals surface area contributed by atoms with Gasteiger partial charge in [-0.15, -0.1) is 0 Å². The Morgan fingerprint density at radius 3 is 1.79 bits per heavy atom. The second-order valence-electron chi connectivity index (χ2n) is 16.3. The van der Waals surface area contributed by atoms with Gasteiger partial charge < -0.3 is 4.42 Å². The van der Waals surface area contributed by atoms with Crippen molar-refractivity contribution in [3.05, 3.63) is 229 Å². The molecule has 286 valence electrons. The summed E-state index contributed by atoms with van der Waals surface area (Å²) in [4.78, 5) is 10.4. The van der Waals surface area contributed by atoms with Crippen molar-refractivity contribution in [1.82, 2.24) is 9.97 Å². The number of benzene rings is 9. The number of rotatable bonds is 6. The Morgan fingerprint density at radius 2 is 0.967 bits per heavy atom. The van der Waals surface area contributed by atoms with E-state index in [4.69, 9.17) is 14.4 Å².